The third kappa shape index (κ3) is 6.41. The van der Waals surface area contributed by atoms with Crippen LogP contribution in [-0.4, -0.2) is 62.7 Å². The number of nitrogens with one attached hydrogen (secondary N) is 1. The quantitative estimate of drug-likeness (QED) is 0.552. The Hall–Kier alpha value is -1.12. The molecule has 8 heteroatoms. The smallest absolute Gasteiger partial charge is 0.234 e. The molecular weight excluding hydrogens is 351 g/mol. The number of hydrogen-bond acceptors (Lipinski definition) is 5. The number of hydrogen-bond donors (Lipinski definition) is 1. The summed E-state index contributed by atoms with van der Waals surface area (Å²) < 4.78 is 35.7. The minimum absolute atomic E-state index is 0.0604. The SMILES string of the molecule is CN(CC(=O)NCCCSc1ccc(F)cc1)C1CCS(=O)(=O)C1. The van der Waals surface area contributed by atoms with Gasteiger partial charge in [-0.3, -0.25) is 9.69 Å². The highest BCUT2D eigenvalue weighted by molar-refractivity contribution is 7.99. The van der Waals surface area contributed by atoms with Gasteiger partial charge in [0.25, 0.3) is 0 Å². The van der Waals surface area contributed by atoms with Gasteiger partial charge in [-0.1, -0.05) is 0 Å². The Balaban J connectivity index is 1.59. The van der Waals surface area contributed by atoms with Crippen LogP contribution < -0.4 is 5.32 Å². The number of benzene rings is 1. The van der Waals surface area contributed by atoms with Gasteiger partial charge >= 0.3 is 0 Å². The van der Waals surface area contributed by atoms with Crippen LogP contribution >= 0.6 is 11.8 Å². The summed E-state index contributed by atoms with van der Waals surface area (Å²) in [5.74, 6) is 0.858. The maximum atomic E-state index is 12.8. The molecule has 1 atom stereocenters. The highest BCUT2D eigenvalue weighted by Gasteiger charge is 2.31. The van der Waals surface area contributed by atoms with Crippen molar-refractivity contribution < 1.29 is 17.6 Å². The molecule has 134 valence electrons. The molecule has 2 rings (SSSR count). The fourth-order valence-corrected chi connectivity index (χ4v) is 5.21. The number of thioether (sulfide) groups is 1. The predicted molar refractivity (Wildman–Crippen MR) is 94.4 cm³/mol. The largest absolute Gasteiger partial charge is 0.355 e. The molecule has 0 spiro atoms. The number of halogens is 1. The molecule has 1 aliphatic rings. The van der Waals surface area contributed by atoms with Crippen molar-refractivity contribution in [3.63, 3.8) is 0 Å². The molecule has 1 saturated heterocycles. The Bertz CT molecular complexity index is 650. The van der Waals surface area contributed by atoms with E-state index in [1.807, 2.05) is 4.90 Å². The molecule has 0 saturated carbocycles. The van der Waals surface area contributed by atoms with Crippen LogP contribution in [0.5, 0.6) is 0 Å². The molecule has 1 fully saturated rings. The van der Waals surface area contributed by atoms with E-state index in [2.05, 4.69) is 5.32 Å². The molecule has 1 amide bonds. The van der Waals surface area contributed by atoms with Crippen LogP contribution in [-0.2, 0) is 14.6 Å². The summed E-state index contributed by atoms with van der Waals surface area (Å²) in [5, 5.41) is 2.85. The molecule has 5 nitrogen and oxygen atoms in total. The average Bonchev–Trinajstić information content (AvgIpc) is 2.89. The summed E-state index contributed by atoms with van der Waals surface area (Å²) in [5.41, 5.74) is 0. The standard InChI is InChI=1S/C16H23FN2O3S2/c1-19(14-7-10-24(21,22)12-14)11-16(20)18-8-2-9-23-15-5-3-13(17)4-6-15/h3-6,14H,2,7-12H2,1H3,(H,18,20). The van der Waals surface area contributed by atoms with Gasteiger partial charge < -0.3 is 5.32 Å². The van der Waals surface area contributed by atoms with Gasteiger partial charge in [-0.25, -0.2) is 12.8 Å². The lowest BCUT2D eigenvalue weighted by atomic mass is 10.2. The van der Waals surface area contributed by atoms with Gasteiger partial charge in [-0.15, -0.1) is 11.8 Å². The fraction of sp³-hybridized carbons (Fsp3) is 0.562. The van der Waals surface area contributed by atoms with E-state index in [9.17, 15) is 17.6 Å². The minimum Gasteiger partial charge on any atom is -0.355 e. The van der Waals surface area contributed by atoms with E-state index in [1.165, 1.54) is 12.1 Å². The first-order valence-electron chi connectivity index (χ1n) is 7.91. The molecule has 1 heterocycles. The number of sulfone groups is 1. The molecule has 24 heavy (non-hydrogen) atoms. The first-order chi connectivity index (χ1) is 11.4. The summed E-state index contributed by atoms with van der Waals surface area (Å²) in [7, 11) is -1.14. The van der Waals surface area contributed by atoms with Crippen LogP contribution in [0.15, 0.2) is 29.2 Å². The lowest BCUT2D eigenvalue weighted by molar-refractivity contribution is -0.122. The number of rotatable bonds is 8. The summed E-state index contributed by atoms with van der Waals surface area (Å²) in [6, 6.07) is 6.29. The Morgan fingerprint density at radius 3 is 2.71 bits per heavy atom. The molecule has 0 bridgehead atoms. The first-order valence-corrected chi connectivity index (χ1v) is 10.7. The zero-order valence-corrected chi connectivity index (χ0v) is 15.3. The maximum absolute atomic E-state index is 12.8. The van der Waals surface area contributed by atoms with Gasteiger partial charge in [0.05, 0.1) is 18.1 Å². The monoisotopic (exact) mass is 374 g/mol. The Kier molecular flexibility index (Phi) is 7.06. The number of amides is 1. The first kappa shape index (κ1) is 19.2. The summed E-state index contributed by atoms with van der Waals surface area (Å²) >= 11 is 1.62. The van der Waals surface area contributed by atoms with Gasteiger partial charge in [-0.05, 0) is 49.9 Å². The maximum Gasteiger partial charge on any atom is 0.234 e. The van der Waals surface area contributed by atoms with Crippen molar-refractivity contribution in [1.82, 2.24) is 10.2 Å². The zero-order chi connectivity index (χ0) is 17.6. The van der Waals surface area contributed by atoms with Crippen molar-refractivity contribution in [2.45, 2.75) is 23.8 Å². The number of likely N-dealkylation sites (N-methyl/N-ethyl adjacent to an activating group) is 1. The second kappa shape index (κ2) is 8.82. The van der Waals surface area contributed by atoms with Crippen LogP contribution in [0.1, 0.15) is 12.8 Å². The van der Waals surface area contributed by atoms with E-state index in [0.29, 0.717) is 13.0 Å². The van der Waals surface area contributed by atoms with Gasteiger partial charge in [0, 0.05) is 17.5 Å². The number of carbonyl (C=O) groups excluding carboxylic acids is 1. The lowest BCUT2D eigenvalue weighted by Gasteiger charge is -2.22. The van der Waals surface area contributed by atoms with E-state index in [0.717, 1.165) is 17.1 Å². The van der Waals surface area contributed by atoms with E-state index < -0.39 is 9.84 Å². The van der Waals surface area contributed by atoms with Gasteiger partial charge in [-0.2, -0.15) is 0 Å². The highest BCUT2D eigenvalue weighted by atomic mass is 32.2. The lowest BCUT2D eigenvalue weighted by Crippen LogP contribution is -2.41. The molecule has 0 aromatic heterocycles. The van der Waals surface area contributed by atoms with E-state index in [4.69, 9.17) is 0 Å². The van der Waals surface area contributed by atoms with Crippen LogP contribution in [0.2, 0.25) is 0 Å². The summed E-state index contributed by atoms with van der Waals surface area (Å²) in [6.45, 7) is 0.787. The molecule has 1 N–H and O–H groups in total. The van der Waals surface area contributed by atoms with Gasteiger partial charge in [0.1, 0.15) is 5.82 Å². The van der Waals surface area contributed by atoms with Crippen molar-refractivity contribution in [3.05, 3.63) is 30.1 Å². The third-order valence-corrected chi connectivity index (χ3v) is 6.80. The summed E-state index contributed by atoms with van der Waals surface area (Å²) in [6.07, 6.45) is 1.41. The van der Waals surface area contributed by atoms with Crippen molar-refractivity contribution in [2.24, 2.45) is 0 Å². The molecule has 1 aromatic carbocycles. The van der Waals surface area contributed by atoms with E-state index in [-0.39, 0.29) is 35.8 Å². The van der Waals surface area contributed by atoms with Crippen molar-refractivity contribution >= 4 is 27.5 Å². The topological polar surface area (TPSA) is 66.5 Å². The molecule has 1 aromatic rings. The van der Waals surface area contributed by atoms with Gasteiger partial charge in [0.15, 0.2) is 9.84 Å². The Labute approximate surface area is 146 Å². The number of nitrogens with zero attached hydrogens (tertiary/aromatic N) is 1. The second-order valence-electron chi connectivity index (χ2n) is 5.98. The summed E-state index contributed by atoms with van der Waals surface area (Å²) in [4.78, 5) is 14.7. The molecule has 0 radical (unpaired) electrons. The second-order valence-corrected chi connectivity index (χ2v) is 9.37. The normalized spacial score (nSPS) is 19.5. The van der Waals surface area contributed by atoms with Crippen molar-refractivity contribution in [3.8, 4) is 0 Å². The van der Waals surface area contributed by atoms with Crippen molar-refractivity contribution in [1.29, 1.82) is 0 Å². The molecule has 0 aliphatic carbocycles. The third-order valence-electron chi connectivity index (χ3n) is 3.95. The van der Waals surface area contributed by atoms with Crippen molar-refractivity contribution in [2.75, 3.05) is 37.4 Å². The molecule has 1 aliphatic heterocycles. The van der Waals surface area contributed by atoms with E-state index >= 15 is 0 Å². The highest BCUT2D eigenvalue weighted by Crippen LogP contribution is 2.18. The van der Waals surface area contributed by atoms with Crippen LogP contribution in [0, 0.1) is 5.82 Å². The molecule has 1 unspecified atom stereocenters. The Morgan fingerprint density at radius 1 is 1.38 bits per heavy atom. The average molecular weight is 375 g/mol. The minimum atomic E-state index is -2.93. The fourth-order valence-electron chi connectivity index (χ4n) is 2.56. The predicted octanol–water partition coefficient (Wildman–Crippen LogP) is 1.54. The van der Waals surface area contributed by atoms with E-state index in [1.54, 1.807) is 30.9 Å². The van der Waals surface area contributed by atoms with Crippen LogP contribution in [0.25, 0.3) is 0 Å². The Morgan fingerprint density at radius 2 is 2.08 bits per heavy atom. The van der Waals surface area contributed by atoms with Gasteiger partial charge in [0.2, 0.25) is 5.91 Å². The number of carbonyl (C=O) groups is 1. The molecular formula is C16H23FN2O3S2. The zero-order valence-electron chi connectivity index (χ0n) is 13.7. The van der Waals surface area contributed by atoms with Crippen LogP contribution in [0.4, 0.5) is 4.39 Å². The van der Waals surface area contributed by atoms with Crippen LogP contribution in [0.3, 0.4) is 0 Å².